The molecule has 1 aromatic heterocycles. The van der Waals surface area contributed by atoms with Gasteiger partial charge in [0.1, 0.15) is 0 Å². The van der Waals surface area contributed by atoms with Gasteiger partial charge in [-0.3, -0.25) is 5.10 Å². The van der Waals surface area contributed by atoms with Crippen molar-refractivity contribution >= 4 is 16.6 Å². The Morgan fingerprint density at radius 2 is 1.92 bits per heavy atom. The fourth-order valence-electron chi connectivity index (χ4n) is 4.64. The minimum atomic E-state index is 0.423. The number of fused-ring (bicyclic) bond motifs is 2. The summed E-state index contributed by atoms with van der Waals surface area (Å²) in [7, 11) is 2.23. The van der Waals surface area contributed by atoms with Crippen LogP contribution in [0.15, 0.2) is 42.6 Å². The Morgan fingerprint density at radius 3 is 2.81 bits per heavy atom. The molecule has 3 heterocycles. The number of rotatable bonds is 2. The van der Waals surface area contributed by atoms with E-state index in [2.05, 4.69) is 63.4 Å². The lowest BCUT2D eigenvalue weighted by Gasteiger charge is -2.35. The van der Waals surface area contributed by atoms with Crippen LogP contribution in [-0.4, -0.2) is 41.8 Å². The molecule has 4 nitrogen and oxygen atoms in total. The van der Waals surface area contributed by atoms with Crippen molar-refractivity contribution in [3.63, 3.8) is 0 Å². The van der Waals surface area contributed by atoms with E-state index >= 15 is 0 Å². The summed E-state index contributed by atoms with van der Waals surface area (Å²) in [5, 5.41) is 8.46. The average Bonchev–Trinajstić information content (AvgIpc) is 3.15. The average molecular weight is 346 g/mol. The molecule has 2 aliphatic rings. The van der Waals surface area contributed by atoms with E-state index in [4.69, 9.17) is 0 Å². The first-order valence-corrected chi connectivity index (χ1v) is 9.77. The standard InChI is InChI=1S/C22H26N4/c1-25-14-18-11-19(26-9-3-2-4-10-26)7-8-20(18)21(15-25)16-5-6-17-13-23-24-22(17)12-16/h5-8,11-13,21H,2-4,9-10,14-15H2,1H3,(H,23,24). The number of hydrogen-bond acceptors (Lipinski definition) is 3. The van der Waals surface area contributed by atoms with Gasteiger partial charge in [0.15, 0.2) is 0 Å². The molecule has 1 N–H and O–H groups in total. The first-order chi connectivity index (χ1) is 12.8. The van der Waals surface area contributed by atoms with Gasteiger partial charge in [0, 0.05) is 43.2 Å². The second kappa shape index (κ2) is 6.44. The fourth-order valence-corrected chi connectivity index (χ4v) is 4.64. The van der Waals surface area contributed by atoms with Gasteiger partial charge in [-0.1, -0.05) is 18.2 Å². The van der Waals surface area contributed by atoms with E-state index in [1.54, 1.807) is 0 Å². The van der Waals surface area contributed by atoms with Gasteiger partial charge in [0.2, 0.25) is 0 Å². The minimum absolute atomic E-state index is 0.423. The van der Waals surface area contributed by atoms with Gasteiger partial charge in [0.25, 0.3) is 0 Å². The van der Waals surface area contributed by atoms with E-state index < -0.39 is 0 Å². The zero-order chi connectivity index (χ0) is 17.5. The third kappa shape index (κ3) is 2.78. The summed E-state index contributed by atoms with van der Waals surface area (Å²) < 4.78 is 0. The van der Waals surface area contributed by atoms with Crippen LogP contribution >= 0.6 is 0 Å². The van der Waals surface area contributed by atoms with Gasteiger partial charge in [-0.2, -0.15) is 5.10 Å². The fraction of sp³-hybridized carbons (Fsp3) is 0.409. The molecule has 2 aromatic carbocycles. The molecule has 0 saturated carbocycles. The largest absolute Gasteiger partial charge is 0.372 e. The van der Waals surface area contributed by atoms with Gasteiger partial charge < -0.3 is 9.80 Å². The quantitative estimate of drug-likeness (QED) is 0.758. The van der Waals surface area contributed by atoms with Gasteiger partial charge in [0.05, 0.1) is 11.7 Å². The molecule has 1 saturated heterocycles. The van der Waals surface area contributed by atoms with Crippen LogP contribution in [-0.2, 0) is 6.54 Å². The van der Waals surface area contributed by atoms with E-state index in [1.807, 2.05) is 6.20 Å². The number of benzene rings is 2. The number of nitrogens with one attached hydrogen (secondary N) is 1. The third-order valence-electron chi connectivity index (χ3n) is 6.03. The van der Waals surface area contributed by atoms with E-state index in [9.17, 15) is 0 Å². The highest BCUT2D eigenvalue weighted by Crippen LogP contribution is 2.36. The number of H-pyrrole nitrogens is 1. The highest BCUT2D eigenvalue weighted by atomic mass is 15.1. The third-order valence-corrected chi connectivity index (χ3v) is 6.03. The van der Waals surface area contributed by atoms with Crippen LogP contribution in [0.1, 0.15) is 41.9 Å². The maximum Gasteiger partial charge on any atom is 0.0653 e. The van der Waals surface area contributed by atoms with E-state index in [0.717, 1.165) is 18.6 Å². The molecule has 0 amide bonds. The molecule has 0 radical (unpaired) electrons. The molecule has 1 fully saturated rings. The van der Waals surface area contributed by atoms with Crippen LogP contribution in [0.5, 0.6) is 0 Å². The number of hydrogen-bond donors (Lipinski definition) is 1. The second-order valence-corrected chi connectivity index (χ2v) is 7.90. The van der Waals surface area contributed by atoms with Crippen molar-refractivity contribution < 1.29 is 0 Å². The van der Waals surface area contributed by atoms with Crippen molar-refractivity contribution in [2.45, 2.75) is 31.7 Å². The highest BCUT2D eigenvalue weighted by Gasteiger charge is 2.26. The summed E-state index contributed by atoms with van der Waals surface area (Å²) in [5.41, 5.74) is 6.88. The van der Waals surface area contributed by atoms with Crippen molar-refractivity contribution in [1.29, 1.82) is 0 Å². The van der Waals surface area contributed by atoms with Crippen molar-refractivity contribution in [2.24, 2.45) is 0 Å². The Bertz CT molecular complexity index is 923. The summed E-state index contributed by atoms with van der Waals surface area (Å²) >= 11 is 0. The number of anilines is 1. The number of aromatic amines is 1. The zero-order valence-corrected chi connectivity index (χ0v) is 15.4. The molecule has 1 unspecified atom stereocenters. The molecule has 134 valence electrons. The lowest BCUT2D eigenvalue weighted by molar-refractivity contribution is 0.295. The molecule has 26 heavy (non-hydrogen) atoms. The molecule has 0 spiro atoms. The lowest BCUT2D eigenvalue weighted by atomic mass is 9.84. The molecule has 2 aliphatic heterocycles. The Balaban J connectivity index is 1.52. The summed E-state index contributed by atoms with van der Waals surface area (Å²) in [6.07, 6.45) is 5.92. The SMILES string of the molecule is CN1Cc2cc(N3CCCCC3)ccc2C(c2ccc3cn[nH]c3c2)C1. The van der Waals surface area contributed by atoms with Crippen LogP contribution in [0, 0.1) is 0 Å². The van der Waals surface area contributed by atoms with Crippen molar-refractivity contribution in [3.05, 3.63) is 59.3 Å². The van der Waals surface area contributed by atoms with Crippen LogP contribution in [0.25, 0.3) is 10.9 Å². The van der Waals surface area contributed by atoms with Crippen molar-refractivity contribution in [2.75, 3.05) is 31.6 Å². The molecule has 5 rings (SSSR count). The van der Waals surface area contributed by atoms with Gasteiger partial charge in [-0.15, -0.1) is 0 Å². The van der Waals surface area contributed by atoms with Crippen LogP contribution in [0.4, 0.5) is 5.69 Å². The topological polar surface area (TPSA) is 35.2 Å². The maximum absolute atomic E-state index is 4.17. The van der Waals surface area contributed by atoms with E-state index in [-0.39, 0.29) is 0 Å². The molecule has 3 aromatic rings. The van der Waals surface area contributed by atoms with Crippen molar-refractivity contribution in [3.8, 4) is 0 Å². The predicted molar refractivity (Wildman–Crippen MR) is 107 cm³/mol. The Labute approximate surface area is 154 Å². The number of aromatic nitrogens is 2. The smallest absolute Gasteiger partial charge is 0.0653 e. The Hall–Kier alpha value is -2.33. The van der Waals surface area contributed by atoms with Gasteiger partial charge in [-0.05, 0) is 61.2 Å². The molecule has 4 heteroatoms. The monoisotopic (exact) mass is 346 g/mol. The number of nitrogens with zero attached hydrogens (tertiary/aromatic N) is 3. The summed E-state index contributed by atoms with van der Waals surface area (Å²) in [5.74, 6) is 0.423. The first kappa shape index (κ1) is 15.9. The summed E-state index contributed by atoms with van der Waals surface area (Å²) in [6, 6.07) is 13.9. The Kier molecular flexibility index (Phi) is 3.93. The highest BCUT2D eigenvalue weighted by molar-refractivity contribution is 5.78. The second-order valence-electron chi connectivity index (χ2n) is 7.90. The van der Waals surface area contributed by atoms with Gasteiger partial charge in [-0.25, -0.2) is 0 Å². The predicted octanol–water partition coefficient (Wildman–Crippen LogP) is 4.13. The summed E-state index contributed by atoms with van der Waals surface area (Å²) in [4.78, 5) is 5.01. The van der Waals surface area contributed by atoms with E-state index in [1.165, 1.54) is 60.1 Å². The lowest BCUT2D eigenvalue weighted by Crippen LogP contribution is -2.32. The molecular weight excluding hydrogens is 320 g/mol. The van der Waals surface area contributed by atoms with Crippen molar-refractivity contribution in [1.82, 2.24) is 15.1 Å². The minimum Gasteiger partial charge on any atom is -0.372 e. The van der Waals surface area contributed by atoms with Gasteiger partial charge >= 0.3 is 0 Å². The van der Waals surface area contributed by atoms with Crippen LogP contribution < -0.4 is 4.90 Å². The summed E-state index contributed by atoms with van der Waals surface area (Å²) in [6.45, 7) is 4.51. The molecule has 1 atom stereocenters. The number of piperidine rings is 1. The molecule has 0 aliphatic carbocycles. The Morgan fingerprint density at radius 1 is 1.04 bits per heavy atom. The van der Waals surface area contributed by atoms with E-state index in [0.29, 0.717) is 5.92 Å². The van der Waals surface area contributed by atoms with Crippen LogP contribution in [0.3, 0.4) is 0 Å². The number of likely N-dealkylation sites (N-methyl/N-ethyl adjacent to an activating group) is 1. The van der Waals surface area contributed by atoms with Crippen LogP contribution in [0.2, 0.25) is 0 Å². The normalized spacial score (nSPS) is 21.1. The first-order valence-electron chi connectivity index (χ1n) is 9.77. The molecule has 0 bridgehead atoms. The molecular formula is C22H26N4. The maximum atomic E-state index is 4.17. The zero-order valence-electron chi connectivity index (χ0n) is 15.4.